The van der Waals surface area contributed by atoms with Crippen LogP contribution in [0.1, 0.15) is 19.8 Å². The number of hydrogen-bond donors (Lipinski definition) is 3. The summed E-state index contributed by atoms with van der Waals surface area (Å²) >= 11 is 0. The number of hydrogen-bond acceptors (Lipinski definition) is 4. The van der Waals surface area contributed by atoms with Gasteiger partial charge in [-0.05, 0) is 6.42 Å². The van der Waals surface area contributed by atoms with E-state index < -0.39 is 12.0 Å². The van der Waals surface area contributed by atoms with Gasteiger partial charge in [0.1, 0.15) is 6.04 Å². The van der Waals surface area contributed by atoms with Crippen LogP contribution in [0.5, 0.6) is 0 Å². The molecular formula is C10H20N2O3. The average molecular weight is 216 g/mol. The molecule has 0 fully saturated rings. The van der Waals surface area contributed by atoms with Crippen LogP contribution in [-0.2, 0) is 4.79 Å². The first-order valence-corrected chi connectivity index (χ1v) is 5.12. The molecule has 88 valence electrons. The zero-order chi connectivity index (χ0) is 11.7. The maximum Gasteiger partial charge on any atom is 0.322 e. The van der Waals surface area contributed by atoms with Crippen LogP contribution in [0.25, 0.3) is 0 Å². The highest BCUT2D eigenvalue weighted by Crippen LogP contribution is 2.04. The van der Waals surface area contributed by atoms with Gasteiger partial charge in [0, 0.05) is 13.1 Å². The summed E-state index contributed by atoms with van der Waals surface area (Å²) in [5.74, 6) is -0.873. The molecule has 5 heteroatoms. The van der Waals surface area contributed by atoms with Crippen molar-refractivity contribution < 1.29 is 15.0 Å². The van der Waals surface area contributed by atoms with Gasteiger partial charge in [0.05, 0.1) is 6.61 Å². The van der Waals surface area contributed by atoms with Gasteiger partial charge >= 0.3 is 5.97 Å². The van der Waals surface area contributed by atoms with Crippen LogP contribution in [0.4, 0.5) is 0 Å². The largest absolute Gasteiger partial charge is 0.480 e. The third-order valence-corrected chi connectivity index (χ3v) is 2.00. The Morgan fingerprint density at radius 2 is 2.33 bits per heavy atom. The maximum atomic E-state index is 11.0. The minimum atomic E-state index is -0.873. The van der Waals surface area contributed by atoms with Gasteiger partial charge in [-0.25, -0.2) is 5.01 Å². The number of carboxylic acids is 1. The average Bonchev–Trinajstić information content (AvgIpc) is 2.21. The van der Waals surface area contributed by atoms with E-state index in [2.05, 4.69) is 12.0 Å². The molecule has 0 saturated heterocycles. The highest BCUT2D eigenvalue weighted by molar-refractivity contribution is 5.73. The molecule has 3 N–H and O–H groups in total. The molecule has 1 unspecified atom stereocenters. The van der Waals surface area contributed by atoms with E-state index in [1.807, 2.05) is 6.92 Å². The molecular weight excluding hydrogens is 196 g/mol. The predicted octanol–water partition coefficient (Wildman–Crippen LogP) is 0.225. The van der Waals surface area contributed by atoms with Crippen molar-refractivity contribution >= 4 is 5.97 Å². The first-order chi connectivity index (χ1) is 7.17. The topological polar surface area (TPSA) is 72.8 Å². The molecule has 0 spiro atoms. The Kier molecular flexibility index (Phi) is 7.89. The van der Waals surface area contributed by atoms with Crippen LogP contribution in [0.2, 0.25) is 0 Å². The fourth-order valence-electron chi connectivity index (χ4n) is 1.32. The molecule has 0 aliphatic rings. The molecule has 0 aliphatic heterocycles. The SMILES string of the molecule is C=CCNN(CCO)C(CCC)C(=O)O. The number of aliphatic carboxylic acids is 1. The minimum absolute atomic E-state index is 0.0718. The van der Waals surface area contributed by atoms with Gasteiger partial charge < -0.3 is 10.2 Å². The summed E-state index contributed by atoms with van der Waals surface area (Å²) in [5, 5.41) is 19.4. The molecule has 0 radical (unpaired) electrons. The van der Waals surface area contributed by atoms with Crippen molar-refractivity contribution in [2.75, 3.05) is 19.7 Å². The Morgan fingerprint density at radius 3 is 2.73 bits per heavy atom. The lowest BCUT2D eigenvalue weighted by molar-refractivity contribution is -0.145. The zero-order valence-corrected chi connectivity index (χ0v) is 9.15. The van der Waals surface area contributed by atoms with Crippen molar-refractivity contribution in [3.8, 4) is 0 Å². The van der Waals surface area contributed by atoms with Crippen molar-refractivity contribution in [1.29, 1.82) is 0 Å². The number of nitrogens with one attached hydrogen (secondary N) is 1. The van der Waals surface area contributed by atoms with Gasteiger partial charge in [-0.1, -0.05) is 19.4 Å². The summed E-state index contributed by atoms with van der Waals surface area (Å²) in [6, 6.07) is -0.595. The van der Waals surface area contributed by atoms with Gasteiger partial charge in [0.15, 0.2) is 0 Å². The molecule has 15 heavy (non-hydrogen) atoms. The minimum Gasteiger partial charge on any atom is -0.480 e. The third-order valence-electron chi connectivity index (χ3n) is 2.00. The van der Waals surface area contributed by atoms with Gasteiger partial charge in [-0.3, -0.25) is 10.2 Å². The van der Waals surface area contributed by atoms with E-state index in [0.29, 0.717) is 19.5 Å². The number of aliphatic hydroxyl groups is 1. The normalized spacial score (nSPS) is 12.7. The molecule has 0 aromatic carbocycles. The highest BCUT2D eigenvalue weighted by Gasteiger charge is 2.23. The first-order valence-electron chi connectivity index (χ1n) is 5.12. The molecule has 0 aromatic rings. The molecule has 0 aromatic heterocycles. The molecule has 0 bridgehead atoms. The Labute approximate surface area is 90.4 Å². The maximum absolute atomic E-state index is 11.0. The van der Waals surface area contributed by atoms with Gasteiger partial charge in [0.25, 0.3) is 0 Å². The summed E-state index contributed by atoms with van der Waals surface area (Å²) in [4.78, 5) is 11.0. The second-order valence-corrected chi connectivity index (χ2v) is 3.21. The monoisotopic (exact) mass is 216 g/mol. The van der Waals surface area contributed by atoms with E-state index in [0.717, 1.165) is 6.42 Å². The van der Waals surface area contributed by atoms with Crippen molar-refractivity contribution in [3.63, 3.8) is 0 Å². The molecule has 5 nitrogen and oxygen atoms in total. The summed E-state index contributed by atoms with van der Waals surface area (Å²) in [6.45, 7) is 6.19. The lowest BCUT2D eigenvalue weighted by Gasteiger charge is -2.28. The smallest absolute Gasteiger partial charge is 0.322 e. The first kappa shape index (κ1) is 14.1. The number of rotatable bonds is 9. The predicted molar refractivity (Wildman–Crippen MR) is 58.3 cm³/mol. The standard InChI is InChI=1S/C10H20N2O3/c1-3-5-9(10(14)15)12(7-8-13)11-6-4-2/h4,9,11,13H,2-3,5-8H2,1H3,(H,14,15). The number of carbonyl (C=O) groups is 1. The van der Waals surface area contributed by atoms with Crippen LogP contribution >= 0.6 is 0 Å². The molecule has 0 rings (SSSR count). The van der Waals surface area contributed by atoms with Crippen molar-refractivity contribution in [3.05, 3.63) is 12.7 Å². The van der Waals surface area contributed by atoms with E-state index in [1.54, 1.807) is 11.1 Å². The van der Waals surface area contributed by atoms with Crippen molar-refractivity contribution in [2.45, 2.75) is 25.8 Å². The number of aliphatic hydroxyl groups excluding tert-OH is 1. The molecule has 0 heterocycles. The van der Waals surface area contributed by atoms with E-state index in [9.17, 15) is 4.79 Å². The zero-order valence-electron chi connectivity index (χ0n) is 9.15. The number of hydrazine groups is 1. The molecule has 0 saturated carbocycles. The quantitative estimate of drug-likeness (QED) is 0.380. The lowest BCUT2D eigenvalue weighted by Crippen LogP contribution is -2.50. The van der Waals surface area contributed by atoms with Crippen molar-refractivity contribution in [1.82, 2.24) is 10.4 Å². The van der Waals surface area contributed by atoms with E-state index in [1.165, 1.54) is 0 Å². The van der Waals surface area contributed by atoms with E-state index >= 15 is 0 Å². The summed E-state index contributed by atoms with van der Waals surface area (Å²) in [6.07, 6.45) is 2.99. The van der Waals surface area contributed by atoms with Crippen LogP contribution in [-0.4, -0.2) is 46.9 Å². The Morgan fingerprint density at radius 1 is 1.67 bits per heavy atom. The van der Waals surface area contributed by atoms with Gasteiger partial charge in [-0.15, -0.1) is 6.58 Å². The number of nitrogens with zero attached hydrogens (tertiary/aromatic N) is 1. The lowest BCUT2D eigenvalue weighted by atomic mass is 10.1. The summed E-state index contributed by atoms with van der Waals surface area (Å²) in [5.41, 5.74) is 2.91. The third kappa shape index (κ3) is 5.51. The summed E-state index contributed by atoms with van der Waals surface area (Å²) < 4.78 is 0. The van der Waals surface area contributed by atoms with Gasteiger partial charge in [0.2, 0.25) is 0 Å². The van der Waals surface area contributed by atoms with Gasteiger partial charge in [-0.2, -0.15) is 0 Å². The fourth-order valence-corrected chi connectivity index (χ4v) is 1.32. The Hall–Kier alpha value is -0.910. The van der Waals surface area contributed by atoms with Crippen LogP contribution in [0.3, 0.4) is 0 Å². The second-order valence-electron chi connectivity index (χ2n) is 3.21. The molecule has 1 atom stereocenters. The number of carboxylic acid groups (broad SMARTS) is 1. The van der Waals surface area contributed by atoms with Crippen LogP contribution in [0, 0.1) is 0 Å². The Bertz CT molecular complexity index is 197. The van der Waals surface area contributed by atoms with E-state index in [4.69, 9.17) is 10.2 Å². The fraction of sp³-hybridized carbons (Fsp3) is 0.700. The molecule has 0 aliphatic carbocycles. The highest BCUT2D eigenvalue weighted by atomic mass is 16.4. The second kappa shape index (κ2) is 8.40. The Balaban J connectivity index is 4.35. The van der Waals surface area contributed by atoms with Crippen molar-refractivity contribution in [2.24, 2.45) is 0 Å². The summed E-state index contributed by atoms with van der Waals surface area (Å²) in [7, 11) is 0. The molecule has 0 amide bonds. The van der Waals surface area contributed by atoms with E-state index in [-0.39, 0.29) is 6.61 Å². The van der Waals surface area contributed by atoms with Crippen LogP contribution in [0.15, 0.2) is 12.7 Å². The van der Waals surface area contributed by atoms with Crippen LogP contribution < -0.4 is 5.43 Å².